The largest absolute Gasteiger partial charge is 0.345 e. The van der Waals surface area contributed by atoms with Crippen LogP contribution in [0.3, 0.4) is 0 Å². The van der Waals surface area contributed by atoms with Crippen molar-refractivity contribution in [3.05, 3.63) is 77.0 Å². The van der Waals surface area contributed by atoms with Crippen molar-refractivity contribution in [2.45, 2.75) is 44.8 Å². The summed E-state index contributed by atoms with van der Waals surface area (Å²) < 4.78 is 0. The van der Waals surface area contributed by atoms with Crippen LogP contribution in [0.25, 0.3) is 10.9 Å². The number of nitrogens with zero attached hydrogens (tertiary/aromatic N) is 2. The average molecular weight is 472 g/mol. The number of aryl methyl sites for hydroxylation is 1. The highest BCUT2D eigenvalue weighted by Crippen LogP contribution is 2.27. The number of urea groups is 1. The molecule has 3 N–H and O–H groups in total. The molecule has 0 unspecified atom stereocenters. The van der Waals surface area contributed by atoms with Gasteiger partial charge >= 0.3 is 6.03 Å². The van der Waals surface area contributed by atoms with Gasteiger partial charge in [-0.3, -0.25) is 24.8 Å². The predicted octanol–water partition coefficient (Wildman–Crippen LogP) is 2.53. The third-order valence-corrected chi connectivity index (χ3v) is 7.01. The fraction of sp³-hybridized carbons (Fsp3) is 0.333. The first kappa shape index (κ1) is 23.0. The molecule has 0 radical (unpaired) electrons. The number of hydrogen-bond acceptors (Lipinski definition) is 5. The lowest BCUT2D eigenvalue weighted by atomic mass is 9.93. The van der Waals surface area contributed by atoms with Crippen molar-refractivity contribution in [3.8, 4) is 0 Å². The van der Waals surface area contributed by atoms with Crippen LogP contribution in [0.15, 0.2) is 54.6 Å². The minimum atomic E-state index is -1.16. The molecule has 0 aliphatic carbocycles. The number of aromatic nitrogens is 1. The van der Waals surface area contributed by atoms with Gasteiger partial charge in [-0.25, -0.2) is 4.79 Å². The molecule has 1 aromatic heterocycles. The second-order valence-corrected chi connectivity index (χ2v) is 9.74. The molecule has 5 rings (SSSR count). The van der Waals surface area contributed by atoms with Crippen LogP contribution in [0.4, 0.5) is 4.79 Å². The molecule has 2 aliphatic rings. The molecule has 2 fully saturated rings. The zero-order valence-corrected chi connectivity index (χ0v) is 20.1. The van der Waals surface area contributed by atoms with Gasteiger partial charge in [-0.05, 0) is 62.6 Å². The van der Waals surface area contributed by atoms with Crippen molar-refractivity contribution in [1.82, 2.24) is 25.8 Å². The number of nitrogens with one attached hydrogen (secondary N) is 3. The van der Waals surface area contributed by atoms with Gasteiger partial charge in [-0.2, -0.15) is 0 Å². The van der Waals surface area contributed by atoms with Gasteiger partial charge in [0, 0.05) is 35.8 Å². The third-order valence-electron chi connectivity index (χ3n) is 7.01. The fourth-order valence-corrected chi connectivity index (χ4v) is 5.09. The van der Waals surface area contributed by atoms with E-state index in [-0.39, 0.29) is 11.9 Å². The van der Waals surface area contributed by atoms with Crippen LogP contribution in [0, 0.1) is 6.92 Å². The zero-order chi connectivity index (χ0) is 24.7. The molecule has 4 amide bonds. The summed E-state index contributed by atoms with van der Waals surface area (Å²) in [6, 6.07) is 16.8. The average Bonchev–Trinajstić information content (AvgIpc) is 3.32. The van der Waals surface area contributed by atoms with Gasteiger partial charge in [-0.15, -0.1) is 0 Å². The second-order valence-electron chi connectivity index (χ2n) is 9.74. The molecular weight excluding hydrogens is 442 g/mol. The normalized spacial score (nSPS) is 22.1. The molecule has 3 aromatic rings. The summed E-state index contributed by atoms with van der Waals surface area (Å²) >= 11 is 0. The first-order valence-electron chi connectivity index (χ1n) is 11.9. The van der Waals surface area contributed by atoms with Crippen LogP contribution in [0.5, 0.6) is 0 Å². The maximum Gasteiger partial charge on any atom is 0.322 e. The second kappa shape index (κ2) is 8.78. The zero-order valence-electron chi connectivity index (χ0n) is 20.1. The van der Waals surface area contributed by atoms with E-state index in [4.69, 9.17) is 0 Å². The van der Waals surface area contributed by atoms with Crippen molar-refractivity contribution in [2.75, 3.05) is 13.1 Å². The molecule has 2 atom stereocenters. The molecule has 2 aliphatic heterocycles. The lowest BCUT2D eigenvalue weighted by molar-refractivity contribution is -0.124. The molecule has 1 spiro atoms. The number of carbonyl (C=O) groups is 3. The maximum absolute atomic E-state index is 13.1. The van der Waals surface area contributed by atoms with Crippen LogP contribution >= 0.6 is 0 Å². The lowest BCUT2D eigenvalue weighted by Crippen LogP contribution is -2.62. The van der Waals surface area contributed by atoms with E-state index in [2.05, 4.69) is 38.0 Å². The number of pyridine rings is 1. The van der Waals surface area contributed by atoms with Gasteiger partial charge in [0.2, 0.25) is 0 Å². The number of carbonyl (C=O) groups excluding carboxylic acids is 3. The van der Waals surface area contributed by atoms with Crippen molar-refractivity contribution in [3.63, 3.8) is 0 Å². The summed E-state index contributed by atoms with van der Waals surface area (Å²) in [5.41, 5.74) is 3.57. The highest BCUT2D eigenvalue weighted by atomic mass is 16.2. The quantitative estimate of drug-likeness (QED) is 0.496. The first-order chi connectivity index (χ1) is 16.7. The minimum absolute atomic E-state index is 0.172. The van der Waals surface area contributed by atoms with Crippen molar-refractivity contribution < 1.29 is 14.4 Å². The van der Waals surface area contributed by atoms with E-state index in [1.807, 2.05) is 51.1 Å². The molecule has 8 heteroatoms. The molecule has 0 saturated carbocycles. The van der Waals surface area contributed by atoms with Gasteiger partial charge in [0.15, 0.2) is 5.54 Å². The topological polar surface area (TPSA) is 103 Å². The summed E-state index contributed by atoms with van der Waals surface area (Å²) in [5.74, 6) is -0.670. The molecule has 8 nitrogen and oxygen atoms in total. The highest BCUT2D eigenvalue weighted by molar-refractivity contribution is 6.08. The van der Waals surface area contributed by atoms with Gasteiger partial charge in [0.05, 0.1) is 11.6 Å². The number of fused-ring (bicyclic) bond motifs is 1. The Hall–Kier alpha value is -3.78. The lowest BCUT2D eigenvalue weighted by Gasteiger charge is -2.27. The first-order valence-corrected chi connectivity index (χ1v) is 11.9. The van der Waals surface area contributed by atoms with E-state index >= 15 is 0 Å². The van der Waals surface area contributed by atoms with Crippen molar-refractivity contribution in [1.29, 1.82) is 0 Å². The number of imide groups is 1. The Morgan fingerprint density at radius 2 is 1.91 bits per heavy atom. The molecular formula is C27H29N5O3. The van der Waals surface area contributed by atoms with E-state index in [1.54, 1.807) is 12.1 Å². The summed E-state index contributed by atoms with van der Waals surface area (Å²) in [5, 5.41) is 9.22. The summed E-state index contributed by atoms with van der Waals surface area (Å²) in [6.45, 7) is 6.87. The Balaban J connectivity index is 1.33. The van der Waals surface area contributed by atoms with E-state index in [9.17, 15) is 14.4 Å². The standard InChI is InChI=1S/C27H29N5O3/c1-16(2)32-14-23(27(15-32)25(34)30-26(35)31-27)29-24(33)19-10-8-18(9-11-19)13-20-12-17(3)28-22-7-5-4-6-21(20)22/h4-12,16,23H,13-15H2,1-3H3,(H,29,33)(H2,30,31,34,35)/t23-,27+/m1/s1. The van der Waals surface area contributed by atoms with Gasteiger partial charge in [0.25, 0.3) is 11.8 Å². The van der Waals surface area contributed by atoms with Gasteiger partial charge in [0.1, 0.15) is 0 Å². The monoisotopic (exact) mass is 471 g/mol. The van der Waals surface area contributed by atoms with Crippen molar-refractivity contribution >= 4 is 28.7 Å². The number of likely N-dealkylation sites (tertiary alicyclic amines) is 1. The number of rotatable bonds is 5. The third kappa shape index (κ3) is 4.25. The van der Waals surface area contributed by atoms with Gasteiger partial charge < -0.3 is 10.6 Å². The van der Waals surface area contributed by atoms with Crippen LogP contribution in [-0.4, -0.2) is 58.4 Å². The molecule has 180 valence electrons. The Morgan fingerprint density at radius 3 is 2.60 bits per heavy atom. The molecule has 3 heterocycles. The SMILES string of the molecule is Cc1cc(Cc2ccc(C(=O)N[C@@H]3CN(C(C)C)C[C@]34NC(=O)NC4=O)cc2)c2ccccc2n1. The molecule has 2 saturated heterocycles. The number of benzene rings is 2. The van der Waals surface area contributed by atoms with Crippen LogP contribution in [-0.2, 0) is 11.2 Å². The Kier molecular flexibility index (Phi) is 5.76. The summed E-state index contributed by atoms with van der Waals surface area (Å²) in [7, 11) is 0. The minimum Gasteiger partial charge on any atom is -0.345 e. The van der Waals surface area contributed by atoms with Crippen LogP contribution in [0.2, 0.25) is 0 Å². The van der Waals surface area contributed by atoms with Gasteiger partial charge in [-0.1, -0.05) is 30.3 Å². The molecule has 2 aromatic carbocycles. The number of para-hydroxylation sites is 1. The Bertz CT molecular complexity index is 1320. The Labute approximate surface area is 204 Å². The smallest absolute Gasteiger partial charge is 0.322 e. The number of amides is 4. The molecule has 0 bridgehead atoms. The summed E-state index contributed by atoms with van der Waals surface area (Å²) in [6.07, 6.45) is 0.729. The van der Waals surface area contributed by atoms with Crippen LogP contribution < -0.4 is 16.0 Å². The Morgan fingerprint density at radius 1 is 1.17 bits per heavy atom. The van der Waals surface area contributed by atoms with Crippen LogP contribution in [0.1, 0.15) is 41.0 Å². The molecule has 35 heavy (non-hydrogen) atoms. The number of hydrogen-bond donors (Lipinski definition) is 3. The van der Waals surface area contributed by atoms with Crippen molar-refractivity contribution in [2.24, 2.45) is 0 Å². The van der Waals surface area contributed by atoms with E-state index in [0.29, 0.717) is 18.7 Å². The van der Waals surface area contributed by atoms with E-state index in [1.165, 1.54) is 5.56 Å². The van der Waals surface area contributed by atoms with E-state index < -0.39 is 23.5 Å². The maximum atomic E-state index is 13.1. The van der Waals surface area contributed by atoms with E-state index in [0.717, 1.165) is 28.6 Å². The fourth-order valence-electron chi connectivity index (χ4n) is 5.09. The summed E-state index contributed by atoms with van der Waals surface area (Å²) in [4.78, 5) is 44.4. The highest BCUT2D eigenvalue weighted by Gasteiger charge is 2.58. The predicted molar refractivity (Wildman–Crippen MR) is 133 cm³/mol.